The molecule has 0 N–H and O–H groups in total. The van der Waals surface area contributed by atoms with Crippen LogP contribution in [-0.4, -0.2) is 31.1 Å². The third-order valence-corrected chi connectivity index (χ3v) is 5.72. The van der Waals surface area contributed by atoms with Crippen molar-refractivity contribution in [2.45, 2.75) is 13.5 Å². The minimum Gasteiger partial charge on any atom is -0.455 e. The van der Waals surface area contributed by atoms with E-state index in [2.05, 4.69) is 6.07 Å². The lowest BCUT2D eigenvalue weighted by molar-refractivity contribution is 0.0681. The van der Waals surface area contributed by atoms with Crippen molar-refractivity contribution in [3.63, 3.8) is 0 Å². The van der Waals surface area contributed by atoms with Gasteiger partial charge in [0.15, 0.2) is 11.0 Å². The number of ether oxygens (including phenoxy) is 1. The molecular weight excluding hydrogens is 428 g/mol. The summed E-state index contributed by atoms with van der Waals surface area (Å²) in [4.78, 5) is 28.5. The van der Waals surface area contributed by atoms with Crippen LogP contribution in [0.1, 0.15) is 27.0 Å². The SMILES string of the molecule is COCCN(Cc1ccc(C#N)cc1)C(=O)c1cccc2c(=O)c(C)c(-c3ccccc3)oc12. The summed E-state index contributed by atoms with van der Waals surface area (Å²) in [5.74, 6) is 0.187. The summed E-state index contributed by atoms with van der Waals surface area (Å²) >= 11 is 0. The van der Waals surface area contributed by atoms with E-state index in [0.29, 0.717) is 47.5 Å². The minimum absolute atomic E-state index is 0.162. The predicted molar refractivity (Wildman–Crippen MR) is 130 cm³/mol. The van der Waals surface area contributed by atoms with Crippen LogP contribution in [0.5, 0.6) is 0 Å². The van der Waals surface area contributed by atoms with E-state index in [4.69, 9.17) is 14.4 Å². The molecule has 0 aliphatic heterocycles. The molecule has 1 amide bonds. The molecule has 0 spiro atoms. The Morgan fingerprint density at radius 3 is 2.44 bits per heavy atom. The second kappa shape index (κ2) is 10.2. The van der Waals surface area contributed by atoms with E-state index >= 15 is 0 Å². The number of hydrogen-bond donors (Lipinski definition) is 0. The van der Waals surface area contributed by atoms with E-state index in [1.807, 2.05) is 42.5 Å². The molecule has 0 aliphatic rings. The van der Waals surface area contributed by atoms with Gasteiger partial charge >= 0.3 is 0 Å². The Labute approximate surface area is 197 Å². The Bertz CT molecular complexity index is 1420. The number of carbonyl (C=O) groups is 1. The Balaban J connectivity index is 1.79. The summed E-state index contributed by atoms with van der Waals surface area (Å²) in [6.45, 7) is 2.77. The maximum absolute atomic E-state index is 13.7. The molecule has 1 heterocycles. The number of rotatable bonds is 7. The van der Waals surface area contributed by atoms with Gasteiger partial charge in [-0.25, -0.2) is 0 Å². The summed E-state index contributed by atoms with van der Waals surface area (Å²) in [6.07, 6.45) is 0. The van der Waals surface area contributed by atoms with Crippen LogP contribution in [0.15, 0.2) is 82.0 Å². The van der Waals surface area contributed by atoms with Crippen LogP contribution in [-0.2, 0) is 11.3 Å². The Morgan fingerprint density at radius 1 is 1.03 bits per heavy atom. The first-order chi connectivity index (χ1) is 16.5. The van der Waals surface area contributed by atoms with Gasteiger partial charge in [-0.05, 0) is 36.8 Å². The van der Waals surface area contributed by atoms with Gasteiger partial charge in [-0.15, -0.1) is 0 Å². The molecular formula is C28H24N2O4. The quantitative estimate of drug-likeness (QED) is 0.397. The number of nitrogens with zero attached hydrogens (tertiary/aromatic N) is 2. The van der Waals surface area contributed by atoms with Crippen molar-refractivity contribution in [2.24, 2.45) is 0 Å². The average molecular weight is 453 g/mol. The average Bonchev–Trinajstić information content (AvgIpc) is 2.88. The number of nitriles is 1. The molecule has 0 aliphatic carbocycles. The summed E-state index contributed by atoms with van der Waals surface area (Å²) < 4.78 is 11.5. The summed E-state index contributed by atoms with van der Waals surface area (Å²) in [7, 11) is 1.58. The number of carbonyl (C=O) groups excluding carboxylic acids is 1. The molecule has 1 aromatic heterocycles. The first-order valence-electron chi connectivity index (χ1n) is 10.9. The van der Waals surface area contributed by atoms with Crippen molar-refractivity contribution in [1.29, 1.82) is 5.26 Å². The highest BCUT2D eigenvalue weighted by Gasteiger charge is 2.22. The lowest BCUT2D eigenvalue weighted by atomic mass is 10.0. The van der Waals surface area contributed by atoms with E-state index in [1.54, 1.807) is 49.3 Å². The summed E-state index contributed by atoms with van der Waals surface area (Å²) in [5, 5.41) is 9.41. The second-order valence-corrected chi connectivity index (χ2v) is 7.96. The van der Waals surface area contributed by atoms with Gasteiger partial charge in [0.05, 0.1) is 29.2 Å². The van der Waals surface area contributed by atoms with Crippen LogP contribution >= 0.6 is 0 Å². The van der Waals surface area contributed by atoms with E-state index in [-0.39, 0.29) is 16.9 Å². The van der Waals surface area contributed by atoms with Crippen LogP contribution in [0.25, 0.3) is 22.3 Å². The zero-order valence-corrected chi connectivity index (χ0v) is 19.1. The largest absolute Gasteiger partial charge is 0.455 e. The first-order valence-corrected chi connectivity index (χ1v) is 10.9. The lowest BCUT2D eigenvalue weighted by Crippen LogP contribution is -2.33. The smallest absolute Gasteiger partial charge is 0.258 e. The van der Waals surface area contributed by atoms with Gasteiger partial charge in [0.2, 0.25) is 0 Å². The number of amides is 1. The molecule has 3 aromatic carbocycles. The van der Waals surface area contributed by atoms with Crippen LogP contribution in [0.3, 0.4) is 0 Å². The van der Waals surface area contributed by atoms with Gasteiger partial charge in [-0.2, -0.15) is 5.26 Å². The van der Waals surface area contributed by atoms with Crippen LogP contribution in [0, 0.1) is 18.3 Å². The van der Waals surface area contributed by atoms with Crippen molar-refractivity contribution in [3.05, 3.63) is 105 Å². The van der Waals surface area contributed by atoms with E-state index in [0.717, 1.165) is 11.1 Å². The molecule has 0 atom stereocenters. The standard InChI is InChI=1S/C28H24N2O4/c1-19-25(31)23-9-6-10-24(27(23)34-26(19)22-7-4-3-5-8-22)28(32)30(15-16-33-2)18-21-13-11-20(17-29)12-14-21/h3-14H,15-16,18H2,1-2H3. The van der Waals surface area contributed by atoms with Crippen molar-refractivity contribution >= 4 is 16.9 Å². The topological polar surface area (TPSA) is 83.5 Å². The van der Waals surface area contributed by atoms with Gasteiger partial charge < -0.3 is 14.1 Å². The first kappa shape index (κ1) is 23.0. The maximum Gasteiger partial charge on any atom is 0.258 e. The van der Waals surface area contributed by atoms with Crippen molar-refractivity contribution in [3.8, 4) is 17.4 Å². The van der Waals surface area contributed by atoms with Crippen LogP contribution in [0.4, 0.5) is 0 Å². The Kier molecular flexibility index (Phi) is 6.86. The molecule has 34 heavy (non-hydrogen) atoms. The molecule has 6 heteroatoms. The van der Waals surface area contributed by atoms with E-state index < -0.39 is 0 Å². The van der Waals surface area contributed by atoms with Crippen molar-refractivity contribution in [2.75, 3.05) is 20.3 Å². The second-order valence-electron chi connectivity index (χ2n) is 7.96. The van der Waals surface area contributed by atoms with Gasteiger partial charge in [-0.3, -0.25) is 9.59 Å². The molecule has 0 fully saturated rings. The maximum atomic E-state index is 13.7. The van der Waals surface area contributed by atoms with E-state index in [1.165, 1.54) is 0 Å². The molecule has 6 nitrogen and oxygen atoms in total. The van der Waals surface area contributed by atoms with Crippen LogP contribution < -0.4 is 5.43 Å². The third-order valence-electron chi connectivity index (χ3n) is 5.72. The normalized spacial score (nSPS) is 10.7. The zero-order valence-electron chi connectivity index (χ0n) is 19.1. The highest BCUT2D eigenvalue weighted by molar-refractivity contribution is 6.05. The van der Waals surface area contributed by atoms with E-state index in [9.17, 15) is 9.59 Å². The Morgan fingerprint density at radius 2 is 1.76 bits per heavy atom. The predicted octanol–water partition coefficient (Wildman–Crippen LogP) is 4.93. The number of methoxy groups -OCH3 is 1. The fourth-order valence-corrected chi connectivity index (χ4v) is 3.87. The van der Waals surface area contributed by atoms with Crippen molar-refractivity contribution in [1.82, 2.24) is 4.90 Å². The molecule has 0 bridgehead atoms. The van der Waals surface area contributed by atoms with Gasteiger partial charge in [0, 0.05) is 31.3 Å². The highest BCUT2D eigenvalue weighted by Crippen LogP contribution is 2.28. The number of fused-ring (bicyclic) bond motifs is 1. The summed E-state index contributed by atoms with van der Waals surface area (Å²) in [6, 6.07) is 23.6. The molecule has 0 radical (unpaired) electrons. The van der Waals surface area contributed by atoms with Crippen molar-refractivity contribution < 1.29 is 13.9 Å². The monoisotopic (exact) mass is 452 g/mol. The third kappa shape index (κ3) is 4.61. The zero-order chi connectivity index (χ0) is 24.1. The molecule has 0 unspecified atom stereocenters. The van der Waals surface area contributed by atoms with Gasteiger partial charge in [0.25, 0.3) is 5.91 Å². The molecule has 0 saturated carbocycles. The number of hydrogen-bond acceptors (Lipinski definition) is 5. The highest BCUT2D eigenvalue weighted by atomic mass is 16.5. The number of para-hydroxylation sites is 1. The molecule has 4 aromatic rings. The molecule has 170 valence electrons. The van der Waals surface area contributed by atoms with Gasteiger partial charge in [0.1, 0.15) is 5.76 Å². The lowest BCUT2D eigenvalue weighted by Gasteiger charge is -2.23. The fraction of sp³-hybridized carbons (Fsp3) is 0.179. The molecule has 0 saturated heterocycles. The Hall–Kier alpha value is -4.21. The molecule has 4 rings (SSSR count). The van der Waals surface area contributed by atoms with Gasteiger partial charge in [-0.1, -0.05) is 48.5 Å². The number of benzene rings is 3. The fourth-order valence-electron chi connectivity index (χ4n) is 3.87. The minimum atomic E-state index is -0.266. The van der Waals surface area contributed by atoms with Crippen LogP contribution in [0.2, 0.25) is 0 Å². The summed E-state index contributed by atoms with van der Waals surface area (Å²) in [5.41, 5.74) is 3.13.